The highest BCUT2D eigenvalue weighted by atomic mass is 16.4. The molecule has 4 heteroatoms. The summed E-state index contributed by atoms with van der Waals surface area (Å²) >= 11 is 0. The van der Waals surface area contributed by atoms with Gasteiger partial charge in [0.05, 0.1) is 12.8 Å². The van der Waals surface area contributed by atoms with Gasteiger partial charge >= 0.3 is 0 Å². The van der Waals surface area contributed by atoms with Gasteiger partial charge in [-0.05, 0) is 39.8 Å². The Morgan fingerprint density at radius 3 is 2.76 bits per heavy atom. The van der Waals surface area contributed by atoms with Crippen LogP contribution in [0.5, 0.6) is 0 Å². The zero-order chi connectivity index (χ0) is 12.3. The van der Waals surface area contributed by atoms with Gasteiger partial charge < -0.3 is 14.4 Å². The van der Waals surface area contributed by atoms with Crippen molar-refractivity contribution in [2.45, 2.75) is 45.1 Å². The summed E-state index contributed by atoms with van der Waals surface area (Å²) < 4.78 is 5.67. The van der Waals surface area contributed by atoms with Crippen molar-refractivity contribution in [3.05, 3.63) is 17.8 Å². The molecule has 0 aromatic carbocycles. The zero-order valence-electron chi connectivity index (χ0n) is 10.7. The van der Waals surface area contributed by atoms with Crippen LogP contribution in [0.2, 0.25) is 0 Å². The minimum absolute atomic E-state index is 0.125. The van der Waals surface area contributed by atoms with Crippen molar-refractivity contribution in [3.8, 4) is 0 Å². The highest BCUT2D eigenvalue weighted by Crippen LogP contribution is 2.28. The topological polar surface area (TPSA) is 49.5 Å². The van der Waals surface area contributed by atoms with Gasteiger partial charge in [0.1, 0.15) is 5.76 Å². The molecule has 1 N–H and O–H groups in total. The SMILES string of the molecule is CC(C)N1CCC(c2ncc(CCO)o2)CC1. The second-order valence-corrected chi connectivity index (χ2v) is 5.04. The molecule has 0 saturated carbocycles. The van der Waals surface area contributed by atoms with Crippen LogP contribution in [0.15, 0.2) is 10.6 Å². The lowest BCUT2D eigenvalue weighted by molar-refractivity contribution is 0.162. The minimum Gasteiger partial charge on any atom is -0.445 e. The molecule has 4 nitrogen and oxygen atoms in total. The van der Waals surface area contributed by atoms with E-state index in [2.05, 4.69) is 23.7 Å². The molecule has 2 heterocycles. The molecule has 1 aromatic heterocycles. The van der Waals surface area contributed by atoms with Crippen LogP contribution in [-0.2, 0) is 6.42 Å². The largest absolute Gasteiger partial charge is 0.445 e. The van der Waals surface area contributed by atoms with Gasteiger partial charge in [-0.2, -0.15) is 0 Å². The predicted octanol–water partition coefficient (Wildman–Crippen LogP) is 1.80. The summed E-state index contributed by atoms with van der Waals surface area (Å²) in [7, 11) is 0. The average molecular weight is 238 g/mol. The van der Waals surface area contributed by atoms with Crippen LogP contribution >= 0.6 is 0 Å². The quantitative estimate of drug-likeness (QED) is 0.869. The Hall–Kier alpha value is -0.870. The van der Waals surface area contributed by atoms with Crippen LogP contribution in [0.3, 0.4) is 0 Å². The van der Waals surface area contributed by atoms with Gasteiger partial charge in [-0.15, -0.1) is 0 Å². The lowest BCUT2D eigenvalue weighted by atomic mass is 9.96. The number of hydrogen-bond acceptors (Lipinski definition) is 4. The van der Waals surface area contributed by atoms with Crippen LogP contribution < -0.4 is 0 Å². The summed E-state index contributed by atoms with van der Waals surface area (Å²) in [6.07, 6.45) is 4.56. The summed E-state index contributed by atoms with van der Waals surface area (Å²) in [4.78, 5) is 6.83. The monoisotopic (exact) mass is 238 g/mol. The Morgan fingerprint density at radius 1 is 1.47 bits per heavy atom. The third kappa shape index (κ3) is 3.07. The van der Waals surface area contributed by atoms with Gasteiger partial charge in [0.15, 0.2) is 5.89 Å². The molecule has 1 saturated heterocycles. The fourth-order valence-electron chi connectivity index (χ4n) is 2.40. The van der Waals surface area contributed by atoms with Crippen LogP contribution in [0.4, 0.5) is 0 Å². The molecule has 0 aliphatic carbocycles. The molecule has 0 bridgehead atoms. The van der Waals surface area contributed by atoms with Gasteiger partial charge in [0, 0.05) is 18.4 Å². The third-order valence-corrected chi connectivity index (χ3v) is 3.54. The number of hydrogen-bond donors (Lipinski definition) is 1. The Morgan fingerprint density at radius 2 is 2.18 bits per heavy atom. The van der Waals surface area contributed by atoms with E-state index < -0.39 is 0 Å². The third-order valence-electron chi connectivity index (χ3n) is 3.54. The Balaban J connectivity index is 1.91. The molecule has 17 heavy (non-hydrogen) atoms. The van der Waals surface area contributed by atoms with Gasteiger partial charge in [0.25, 0.3) is 0 Å². The molecule has 1 fully saturated rings. The van der Waals surface area contributed by atoms with E-state index in [9.17, 15) is 0 Å². The van der Waals surface area contributed by atoms with Crippen molar-refractivity contribution in [2.24, 2.45) is 0 Å². The van der Waals surface area contributed by atoms with Crippen molar-refractivity contribution in [2.75, 3.05) is 19.7 Å². The van der Waals surface area contributed by atoms with Crippen molar-refractivity contribution < 1.29 is 9.52 Å². The van der Waals surface area contributed by atoms with E-state index >= 15 is 0 Å². The molecule has 0 spiro atoms. The fraction of sp³-hybridized carbons (Fsp3) is 0.769. The first-order valence-electron chi connectivity index (χ1n) is 6.50. The maximum Gasteiger partial charge on any atom is 0.197 e. The fourth-order valence-corrected chi connectivity index (χ4v) is 2.40. The number of aliphatic hydroxyl groups is 1. The predicted molar refractivity (Wildman–Crippen MR) is 66.0 cm³/mol. The maximum atomic E-state index is 8.84. The van der Waals surface area contributed by atoms with Crippen molar-refractivity contribution >= 4 is 0 Å². The van der Waals surface area contributed by atoms with Gasteiger partial charge in [-0.25, -0.2) is 4.98 Å². The summed E-state index contributed by atoms with van der Waals surface area (Å²) in [5.74, 6) is 2.11. The maximum absolute atomic E-state index is 8.84. The van der Waals surface area contributed by atoms with Crippen LogP contribution in [-0.4, -0.2) is 40.7 Å². The number of aliphatic hydroxyl groups excluding tert-OH is 1. The number of aromatic nitrogens is 1. The molecule has 1 aliphatic rings. The Bertz CT molecular complexity index is 341. The Labute approximate surface area is 103 Å². The molecule has 1 aliphatic heterocycles. The molecule has 2 rings (SSSR count). The van der Waals surface area contributed by atoms with E-state index in [0.717, 1.165) is 37.6 Å². The van der Waals surface area contributed by atoms with Gasteiger partial charge in [-0.3, -0.25) is 0 Å². The van der Waals surface area contributed by atoms with E-state index in [1.807, 2.05) is 0 Å². The lowest BCUT2D eigenvalue weighted by Crippen LogP contribution is -2.37. The summed E-state index contributed by atoms with van der Waals surface area (Å²) in [5.41, 5.74) is 0. The van der Waals surface area contributed by atoms with Crippen LogP contribution in [0.25, 0.3) is 0 Å². The molecule has 0 unspecified atom stereocenters. The lowest BCUT2D eigenvalue weighted by Gasteiger charge is -2.33. The van der Waals surface area contributed by atoms with E-state index in [0.29, 0.717) is 18.4 Å². The first kappa shape index (κ1) is 12.6. The first-order chi connectivity index (χ1) is 8.20. The molecular weight excluding hydrogens is 216 g/mol. The van der Waals surface area contributed by atoms with Crippen molar-refractivity contribution in [1.29, 1.82) is 0 Å². The number of rotatable bonds is 4. The standard InChI is InChI=1S/C13H22N2O2/c1-10(2)15-6-3-11(4-7-15)13-14-9-12(17-13)5-8-16/h9-11,16H,3-8H2,1-2H3. The highest BCUT2D eigenvalue weighted by Gasteiger charge is 2.25. The molecule has 0 atom stereocenters. The average Bonchev–Trinajstić information content (AvgIpc) is 2.78. The highest BCUT2D eigenvalue weighted by molar-refractivity contribution is 5.01. The summed E-state index contributed by atoms with van der Waals surface area (Å²) in [6, 6.07) is 0.630. The van der Waals surface area contributed by atoms with E-state index in [4.69, 9.17) is 9.52 Å². The van der Waals surface area contributed by atoms with E-state index in [1.54, 1.807) is 6.20 Å². The van der Waals surface area contributed by atoms with Crippen LogP contribution in [0.1, 0.15) is 44.3 Å². The smallest absolute Gasteiger partial charge is 0.197 e. The number of piperidine rings is 1. The summed E-state index contributed by atoms with van der Waals surface area (Å²) in [5, 5.41) is 8.84. The number of nitrogens with zero attached hydrogens (tertiary/aromatic N) is 2. The second kappa shape index (κ2) is 5.65. The number of oxazole rings is 1. The van der Waals surface area contributed by atoms with Crippen molar-refractivity contribution in [1.82, 2.24) is 9.88 Å². The molecule has 0 radical (unpaired) electrons. The first-order valence-corrected chi connectivity index (χ1v) is 6.50. The van der Waals surface area contributed by atoms with Gasteiger partial charge in [-0.1, -0.05) is 0 Å². The van der Waals surface area contributed by atoms with Gasteiger partial charge in [0.2, 0.25) is 0 Å². The van der Waals surface area contributed by atoms with E-state index in [-0.39, 0.29) is 6.61 Å². The zero-order valence-corrected chi connectivity index (χ0v) is 10.7. The number of likely N-dealkylation sites (tertiary alicyclic amines) is 1. The molecular formula is C13H22N2O2. The molecule has 1 aromatic rings. The second-order valence-electron chi connectivity index (χ2n) is 5.04. The van der Waals surface area contributed by atoms with E-state index in [1.165, 1.54) is 0 Å². The molecule has 96 valence electrons. The summed E-state index contributed by atoms with van der Waals surface area (Å²) in [6.45, 7) is 6.86. The Kier molecular flexibility index (Phi) is 4.18. The molecule has 0 amide bonds. The normalized spacial score (nSPS) is 19.1. The van der Waals surface area contributed by atoms with Crippen LogP contribution in [0, 0.1) is 0 Å². The van der Waals surface area contributed by atoms with Crippen molar-refractivity contribution in [3.63, 3.8) is 0 Å². The minimum atomic E-state index is 0.125.